The fourth-order valence-corrected chi connectivity index (χ4v) is 2.83. The van der Waals surface area contributed by atoms with Crippen LogP contribution in [0.3, 0.4) is 0 Å². The van der Waals surface area contributed by atoms with E-state index in [1.165, 1.54) is 0 Å². The highest BCUT2D eigenvalue weighted by atomic mass is 16.4. The summed E-state index contributed by atoms with van der Waals surface area (Å²) in [6.45, 7) is 2.25. The van der Waals surface area contributed by atoms with Gasteiger partial charge in [-0.2, -0.15) is 0 Å². The number of hydrogen-bond donors (Lipinski definition) is 2. The fourth-order valence-electron chi connectivity index (χ4n) is 2.83. The number of rotatable bonds is 3. The molecule has 2 heterocycles. The summed E-state index contributed by atoms with van der Waals surface area (Å²) in [6.07, 6.45) is 0. The lowest BCUT2D eigenvalue weighted by Gasteiger charge is -2.11. The number of nitrogens with zero attached hydrogens (tertiary/aromatic N) is 3. The van der Waals surface area contributed by atoms with Crippen LogP contribution in [0.25, 0.3) is 11.0 Å². The summed E-state index contributed by atoms with van der Waals surface area (Å²) in [7, 11) is 1.65. The number of carboxylic acids is 1. The van der Waals surface area contributed by atoms with Crippen LogP contribution in [-0.4, -0.2) is 33.1 Å². The lowest BCUT2D eigenvalue weighted by Crippen LogP contribution is -2.24. The zero-order valence-corrected chi connectivity index (χ0v) is 13.5. The van der Waals surface area contributed by atoms with Gasteiger partial charge in [-0.25, -0.2) is 4.79 Å². The minimum Gasteiger partial charge on any atom is -0.477 e. The SMILES string of the molecule is CN=C(C)n1c(=N)ccc2c1cc(C(=O)O)n2Cc1ccccc1. The van der Waals surface area contributed by atoms with Gasteiger partial charge < -0.3 is 9.67 Å². The standard InChI is InChI=1S/C18H18N4O2/c1-12(20-2)22-15-10-16(18(23)24)21(14(15)8-9-17(22)19)11-13-6-4-3-5-7-13/h3-10,19H,11H2,1-2H3,(H,23,24). The number of carbonyl (C=O) groups is 1. The predicted octanol–water partition coefficient (Wildman–Crippen LogP) is 2.57. The Labute approximate surface area is 138 Å². The van der Waals surface area contributed by atoms with Crippen molar-refractivity contribution in [1.29, 1.82) is 5.41 Å². The van der Waals surface area contributed by atoms with Gasteiger partial charge in [-0.3, -0.25) is 15.0 Å². The number of pyridine rings is 1. The van der Waals surface area contributed by atoms with Crippen molar-refractivity contribution in [2.24, 2.45) is 4.99 Å². The van der Waals surface area contributed by atoms with Gasteiger partial charge in [0.2, 0.25) is 0 Å². The molecule has 6 nitrogen and oxygen atoms in total. The average molecular weight is 322 g/mol. The monoisotopic (exact) mass is 322 g/mol. The highest BCUT2D eigenvalue weighted by molar-refractivity contribution is 5.97. The van der Waals surface area contributed by atoms with Gasteiger partial charge in [-0.05, 0) is 30.7 Å². The molecule has 0 saturated carbocycles. The van der Waals surface area contributed by atoms with Crippen molar-refractivity contribution in [3.05, 3.63) is 65.3 Å². The smallest absolute Gasteiger partial charge is 0.352 e. The Morgan fingerprint density at radius 3 is 2.50 bits per heavy atom. The molecule has 0 amide bonds. The third kappa shape index (κ3) is 2.62. The predicted molar refractivity (Wildman–Crippen MR) is 92.7 cm³/mol. The van der Waals surface area contributed by atoms with Crippen LogP contribution in [0.15, 0.2) is 53.5 Å². The first-order valence-corrected chi connectivity index (χ1v) is 7.54. The Bertz CT molecular complexity index is 997. The summed E-state index contributed by atoms with van der Waals surface area (Å²) < 4.78 is 3.41. The van der Waals surface area contributed by atoms with Gasteiger partial charge in [0, 0.05) is 13.6 Å². The molecule has 3 rings (SSSR count). The van der Waals surface area contributed by atoms with E-state index >= 15 is 0 Å². The van der Waals surface area contributed by atoms with Crippen molar-refractivity contribution in [2.75, 3.05) is 7.05 Å². The second kappa shape index (κ2) is 6.16. The highest BCUT2D eigenvalue weighted by Gasteiger charge is 2.17. The van der Waals surface area contributed by atoms with Crippen molar-refractivity contribution < 1.29 is 9.90 Å². The Kier molecular flexibility index (Phi) is 4.04. The third-order valence-electron chi connectivity index (χ3n) is 4.05. The summed E-state index contributed by atoms with van der Waals surface area (Å²) in [5.41, 5.74) is 2.89. The zero-order valence-electron chi connectivity index (χ0n) is 13.5. The molecular formula is C18H18N4O2. The van der Waals surface area contributed by atoms with Crippen molar-refractivity contribution in [2.45, 2.75) is 13.5 Å². The molecule has 0 bridgehead atoms. The molecular weight excluding hydrogens is 304 g/mol. The van der Waals surface area contributed by atoms with Crippen LogP contribution in [0.2, 0.25) is 0 Å². The summed E-state index contributed by atoms with van der Waals surface area (Å²) in [5, 5.41) is 17.7. The molecule has 0 aliphatic carbocycles. The number of aliphatic imine (C=N–C) groups is 1. The van der Waals surface area contributed by atoms with E-state index in [0.29, 0.717) is 17.9 Å². The number of hydrogen-bond acceptors (Lipinski definition) is 3. The van der Waals surface area contributed by atoms with Crippen molar-refractivity contribution >= 4 is 22.8 Å². The maximum absolute atomic E-state index is 11.7. The first-order chi connectivity index (χ1) is 11.5. The van der Waals surface area contributed by atoms with E-state index in [1.807, 2.05) is 30.3 Å². The number of aromatic nitrogens is 2. The third-order valence-corrected chi connectivity index (χ3v) is 4.05. The Morgan fingerprint density at radius 2 is 1.88 bits per heavy atom. The molecule has 0 spiro atoms. The Morgan fingerprint density at radius 1 is 1.17 bits per heavy atom. The molecule has 2 aromatic heterocycles. The summed E-state index contributed by atoms with van der Waals surface area (Å²) in [6, 6.07) is 14.8. The van der Waals surface area contributed by atoms with Crippen LogP contribution in [-0.2, 0) is 6.54 Å². The van der Waals surface area contributed by atoms with Gasteiger partial charge in [0.25, 0.3) is 0 Å². The Hall–Kier alpha value is -3.15. The molecule has 0 aliphatic heterocycles. The molecule has 0 atom stereocenters. The maximum atomic E-state index is 11.7. The van der Waals surface area contributed by atoms with Gasteiger partial charge in [0.05, 0.1) is 11.0 Å². The first-order valence-electron chi connectivity index (χ1n) is 7.54. The van der Waals surface area contributed by atoms with Gasteiger partial charge in [0.15, 0.2) is 0 Å². The summed E-state index contributed by atoms with van der Waals surface area (Å²) in [5.74, 6) is -0.356. The number of benzene rings is 1. The van der Waals surface area contributed by atoms with E-state index in [9.17, 15) is 9.90 Å². The molecule has 24 heavy (non-hydrogen) atoms. The summed E-state index contributed by atoms with van der Waals surface area (Å²) in [4.78, 5) is 15.9. The molecule has 122 valence electrons. The van der Waals surface area contributed by atoms with Crippen molar-refractivity contribution in [3.8, 4) is 0 Å². The first kappa shape index (κ1) is 15.7. The van der Waals surface area contributed by atoms with Gasteiger partial charge in [-0.1, -0.05) is 30.3 Å². The van der Waals surface area contributed by atoms with Crippen LogP contribution < -0.4 is 5.49 Å². The van der Waals surface area contributed by atoms with Gasteiger partial charge in [-0.15, -0.1) is 0 Å². The fraction of sp³-hybridized carbons (Fsp3) is 0.167. The van der Waals surface area contributed by atoms with Crippen LogP contribution in [0.1, 0.15) is 23.0 Å². The van der Waals surface area contributed by atoms with E-state index in [0.717, 1.165) is 11.1 Å². The van der Waals surface area contributed by atoms with Gasteiger partial charge in [0.1, 0.15) is 17.0 Å². The summed E-state index contributed by atoms with van der Waals surface area (Å²) >= 11 is 0. The van der Waals surface area contributed by atoms with Crippen molar-refractivity contribution in [3.63, 3.8) is 0 Å². The number of carboxylic acid groups (broad SMARTS) is 1. The van der Waals surface area contributed by atoms with E-state index in [-0.39, 0.29) is 11.2 Å². The van der Waals surface area contributed by atoms with E-state index in [1.54, 1.807) is 41.3 Å². The second-order valence-electron chi connectivity index (χ2n) is 5.50. The largest absolute Gasteiger partial charge is 0.477 e. The topological polar surface area (TPSA) is 83.4 Å². The molecule has 6 heteroatoms. The normalized spacial score (nSPS) is 11.8. The highest BCUT2D eigenvalue weighted by Crippen LogP contribution is 2.20. The minimum atomic E-state index is -0.994. The van der Waals surface area contributed by atoms with E-state index in [4.69, 9.17) is 5.41 Å². The number of fused-ring (bicyclic) bond motifs is 1. The second-order valence-corrected chi connectivity index (χ2v) is 5.50. The van der Waals surface area contributed by atoms with Crippen LogP contribution in [0.4, 0.5) is 0 Å². The number of aromatic carboxylic acids is 1. The van der Waals surface area contributed by atoms with E-state index in [2.05, 4.69) is 4.99 Å². The molecule has 1 aromatic carbocycles. The molecule has 0 saturated heterocycles. The molecule has 0 aliphatic rings. The minimum absolute atomic E-state index is 0.192. The van der Waals surface area contributed by atoms with Gasteiger partial charge >= 0.3 is 5.97 Å². The lowest BCUT2D eigenvalue weighted by molar-refractivity contribution is 0.0686. The van der Waals surface area contributed by atoms with Crippen molar-refractivity contribution in [1.82, 2.24) is 9.13 Å². The molecule has 0 fully saturated rings. The quantitative estimate of drug-likeness (QED) is 0.574. The Balaban J connectivity index is 2.30. The molecule has 2 N–H and O–H groups in total. The van der Waals surface area contributed by atoms with Crippen LogP contribution in [0, 0.1) is 5.41 Å². The zero-order chi connectivity index (χ0) is 17.3. The van der Waals surface area contributed by atoms with E-state index < -0.39 is 5.97 Å². The lowest BCUT2D eigenvalue weighted by atomic mass is 10.2. The molecule has 0 radical (unpaired) electrons. The molecule has 0 unspecified atom stereocenters. The number of nitrogens with one attached hydrogen (secondary N) is 1. The van der Waals surface area contributed by atoms with Crippen LogP contribution in [0.5, 0.6) is 0 Å². The van der Waals surface area contributed by atoms with Crippen LogP contribution >= 0.6 is 0 Å². The maximum Gasteiger partial charge on any atom is 0.352 e. The average Bonchev–Trinajstić information content (AvgIpc) is 2.93. The molecule has 3 aromatic rings.